The molecule has 6 atom stereocenters. The lowest BCUT2D eigenvalue weighted by Gasteiger charge is -2.28. The first kappa shape index (κ1) is 54.5. The zero-order valence-corrected chi connectivity index (χ0v) is 40.2. The molecule has 7 amide bonds. The number of unbranched alkanes of at least 4 members (excludes halogenated alkanes) is 1. The minimum Gasteiger partial charge on any atom is -0.368 e. The fraction of sp³-hybridized carbons (Fsp3) is 0.389. The summed E-state index contributed by atoms with van der Waals surface area (Å²) in [7, 11) is 0. The number of rotatable bonds is 28. The predicted molar refractivity (Wildman–Crippen MR) is 269 cm³/mol. The molecule has 10 N–H and O–H groups in total. The first-order chi connectivity index (χ1) is 33.1. The summed E-state index contributed by atoms with van der Waals surface area (Å²) in [6, 6.07) is 29.8. The van der Waals surface area contributed by atoms with Gasteiger partial charge in [-0.1, -0.05) is 149 Å². The van der Waals surface area contributed by atoms with E-state index < -0.39 is 77.6 Å². The highest BCUT2D eigenvalue weighted by Gasteiger charge is 2.34. The van der Waals surface area contributed by atoms with E-state index in [0.29, 0.717) is 19.4 Å². The van der Waals surface area contributed by atoms with Gasteiger partial charge in [-0.25, -0.2) is 0 Å². The van der Waals surface area contributed by atoms with Crippen molar-refractivity contribution in [1.29, 1.82) is 0 Å². The highest BCUT2D eigenvalue weighted by atomic mass is 16.2. The van der Waals surface area contributed by atoms with Gasteiger partial charge in [0.25, 0.3) is 0 Å². The van der Waals surface area contributed by atoms with E-state index in [1.54, 1.807) is 30.3 Å². The number of carbonyl (C=O) groups is 7. The van der Waals surface area contributed by atoms with Crippen molar-refractivity contribution < 1.29 is 33.6 Å². The second kappa shape index (κ2) is 28.9. The summed E-state index contributed by atoms with van der Waals surface area (Å²) >= 11 is 0. The summed E-state index contributed by atoms with van der Waals surface area (Å²) in [5.74, 6) is -4.57. The number of benzene rings is 4. The van der Waals surface area contributed by atoms with Crippen molar-refractivity contribution in [2.75, 3.05) is 6.54 Å². The number of primary amides is 1. The minimum atomic E-state index is -1.22. The molecule has 69 heavy (non-hydrogen) atoms. The lowest BCUT2D eigenvalue weighted by Crippen LogP contribution is -2.60. The van der Waals surface area contributed by atoms with E-state index in [9.17, 15) is 33.6 Å². The van der Waals surface area contributed by atoms with Crippen LogP contribution in [-0.4, -0.2) is 84.1 Å². The molecule has 0 radical (unpaired) electrons. The fourth-order valence-corrected chi connectivity index (χ4v) is 7.68. The summed E-state index contributed by atoms with van der Waals surface area (Å²) in [6.45, 7) is 7.97. The van der Waals surface area contributed by atoms with Gasteiger partial charge in [-0.3, -0.25) is 33.6 Å². The number of hydrogen-bond donors (Lipinski definition) is 8. The minimum absolute atomic E-state index is 0.0366. The molecule has 0 fully saturated rings. The molecule has 0 saturated carbocycles. The number of nitrogens with one attached hydrogen (secondary N) is 6. The fourth-order valence-electron chi connectivity index (χ4n) is 7.68. The van der Waals surface area contributed by atoms with Gasteiger partial charge in [-0.2, -0.15) is 0 Å². The molecule has 0 aliphatic carbocycles. The van der Waals surface area contributed by atoms with Crippen LogP contribution in [0.5, 0.6) is 0 Å². The lowest BCUT2D eigenvalue weighted by molar-refractivity contribution is -0.135. The molecular weight excluding hydrogens is 873 g/mol. The summed E-state index contributed by atoms with van der Waals surface area (Å²) in [5.41, 5.74) is 14.3. The molecule has 0 saturated heterocycles. The Labute approximate surface area is 406 Å². The van der Waals surface area contributed by atoms with Gasteiger partial charge in [0.05, 0.1) is 0 Å². The third kappa shape index (κ3) is 19.9. The van der Waals surface area contributed by atoms with Crippen LogP contribution in [0.4, 0.5) is 0 Å². The molecular formula is C54H70N8O7. The summed E-state index contributed by atoms with van der Waals surface area (Å²) in [4.78, 5) is 96.9. The van der Waals surface area contributed by atoms with Crippen molar-refractivity contribution in [3.05, 3.63) is 150 Å². The van der Waals surface area contributed by atoms with Crippen LogP contribution >= 0.6 is 0 Å². The molecule has 0 aromatic heterocycles. The van der Waals surface area contributed by atoms with Crippen LogP contribution < -0.4 is 43.4 Å². The van der Waals surface area contributed by atoms with E-state index >= 15 is 0 Å². The van der Waals surface area contributed by atoms with Crippen molar-refractivity contribution >= 4 is 47.4 Å². The average molecular weight is 943 g/mol. The van der Waals surface area contributed by atoms with Crippen LogP contribution in [0.3, 0.4) is 0 Å². The largest absolute Gasteiger partial charge is 0.368 e. The first-order valence-electron chi connectivity index (χ1n) is 23.8. The highest BCUT2D eigenvalue weighted by molar-refractivity contribution is 5.98. The second-order valence-corrected chi connectivity index (χ2v) is 18.1. The highest BCUT2D eigenvalue weighted by Crippen LogP contribution is 2.14. The van der Waals surface area contributed by atoms with Crippen LogP contribution in [0.2, 0.25) is 0 Å². The van der Waals surface area contributed by atoms with E-state index in [4.69, 9.17) is 11.5 Å². The van der Waals surface area contributed by atoms with E-state index in [0.717, 1.165) is 22.3 Å². The van der Waals surface area contributed by atoms with Crippen molar-refractivity contribution in [2.45, 2.75) is 115 Å². The second-order valence-electron chi connectivity index (χ2n) is 18.1. The quantitative estimate of drug-likeness (QED) is 0.0305. The Balaban J connectivity index is 1.59. The molecule has 0 unspecified atom stereocenters. The average Bonchev–Trinajstić information content (AvgIpc) is 3.32. The van der Waals surface area contributed by atoms with Crippen molar-refractivity contribution in [3.8, 4) is 0 Å². The zero-order valence-electron chi connectivity index (χ0n) is 40.2. The van der Waals surface area contributed by atoms with Crippen LogP contribution in [0.1, 0.15) is 82.1 Å². The molecule has 4 aromatic rings. The molecule has 0 bridgehead atoms. The van der Waals surface area contributed by atoms with Gasteiger partial charge in [0, 0.05) is 25.3 Å². The van der Waals surface area contributed by atoms with E-state index in [2.05, 4.69) is 31.9 Å². The van der Waals surface area contributed by atoms with E-state index in [1.807, 2.05) is 125 Å². The Morgan fingerprint density at radius 1 is 0.449 bits per heavy atom. The maximum Gasteiger partial charge on any atom is 0.244 e. The number of hydrogen-bond acceptors (Lipinski definition) is 8. The standard InChI is InChI=1S/C54H70N8O7/c1-36(2)31-43(59-52(67)45(33-39-21-11-6-12-22-39)57-48(63)29-28-38-19-9-5-10-20-38)50(65)62-47(35-41-25-15-8-16-26-41)54(69)60-44(32-37(3)4)51(66)61-46(34-40-23-13-7-14-24-40)53(68)58-42(49(56)64)27-17-18-30-55/h5-16,19-26,28-29,36-37,42-47H,17-18,27,30-35,55H2,1-4H3,(H2,56,64)(H,57,63)(H,58,68)(H,59,67)(H,60,69)(H,61,66)(H,62,65)/b29-28+/t42-,43-,44-,45-,46-,47-/m0/s1. The topological polar surface area (TPSA) is 244 Å². The third-order valence-corrected chi connectivity index (χ3v) is 11.3. The van der Waals surface area contributed by atoms with Gasteiger partial charge < -0.3 is 43.4 Å². The predicted octanol–water partition coefficient (Wildman–Crippen LogP) is 4.04. The van der Waals surface area contributed by atoms with Gasteiger partial charge in [0.2, 0.25) is 41.4 Å². The zero-order chi connectivity index (χ0) is 50.1. The number of nitrogens with two attached hydrogens (primary N) is 2. The van der Waals surface area contributed by atoms with Crippen molar-refractivity contribution in [1.82, 2.24) is 31.9 Å². The third-order valence-electron chi connectivity index (χ3n) is 11.3. The van der Waals surface area contributed by atoms with E-state index in [1.165, 1.54) is 6.08 Å². The van der Waals surface area contributed by atoms with Gasteiger partial charge in [0.15, 0.2) is 0 Å². The van der Waals surface area contributed by atoms with Crippen LogP contribution in [0.15, 0.2) is 127 Å². The summed E-state index contributed by atoms with van der Waals surface area (Å²) in [6.07, 6.45) is 5.06. The number of amides is 7. The van der Waals surface area contributed by atoms with Crippen LogP contribution in [0, 0.1) is 11.8 Å². The summed E-state index contributed by atoms with van der Waals surface area (Å²) in [5, 5.41) is 17.0. The molecule has 0 heterocycles. The molecule has 15 heteroatoms. The monoisotopic (exact) mass is 943 g/mol. The first-order valence-corrected chi connectivity index (χ1v) is 23.8. The molecule has 4 rings (SSSR count). The van der Waals surface area contributed by atoms with Gasteiger partial charge in [0.1, 0.15) is 36.3 Å². The number of carbonyl (C=O) groups excluding carboxylic acids is 7. The maximum absolute atomic E-state index is 14.5. The molecule has 368 valence electrons. The molecule has 0 aliphatic rings. The molecule has 15 nitrogen and oxygen atoms in total. The van der Waals surface area contributed by atoms with Gasteiger partial charge >= 0.3 is 0 Å². The smallest absolute Gasteiger partial charge is 0.244 e. The Morgan fingerprint density at radius 3 is 1.14 bits per heavy atom. The van der Waals surface area contributed by atoms with Crippen molar-refractivity contribution in [2.24, 2.45) is 23.3 Å². The van der Waals surface area contributed by atoms with Gasteiger partial charge in [-0.05, 0) is 78.8 Å². The Hall–Kier alpha value is -7.13. The van der Waals surface area contributed by atoms with Gasteiger partial charge in [-0.15, -0.1) is 0 Å². The van der Waals surface area contributed by atoms with E-state index in [-0.39, 0.29) is 50.4 Å². The Bertz CT molecular complexity index is 2280. The molecule has 4 aromatic carbocycles. The molecule has 0 aliphatic heterocycles. The Morgan fingerprint density at radius 2 is 0.783 bits per heavy atom. The van der Waals surface area contributed by atoms with Crippen LogP contribution in [-0.2, 0) is 52.8 Å². The van der Waals surface area contributed by atoms with Crippen molar-refractivity contribution in [3.63, 3.8) is 0 Å². The maximum atomic E-state index is 14.5. The SMILES string of the molecule is CC(C)C[C@H](NC(=O)[C@H](Cc1ccccc1)NC(=O)/C=C/c1ccccc1)C(=O)N[C@@H](Cc1ccccc1)C(=O)N[C@@H](CC(C)C)C(=O)N[C@@H](Cc1ccccc1)C(=O)N[C@@H](CCCCN)C(N)=O. The Kier molecular flexibility index (Phi) is 22.8. The normalized spacial score (nSPS) is 13.8. The molecule has 0 spiro atoms. The lowest BCUT2D eigenvalue weighted by atomic mass is 9.98. The van der Waals surface area contributed by atoms with Crippen LogP contribution in [0.25, 0.3) is 6.08 Å². The summed E-state index contributed by atoms with van der Waals surface area (Å²) < 4.78 is 0.